The van der Waals surface area contributed by atoms with Crippen LogP contribution in [0.1, 0.15) is 17.2 Å². The van der Waals surface area contributed by atoms with E-state index in [0.717, 1.165) is 34.6 Å². The fourth-order valence-electron chi connectivity index (χ4n) is 3.83. The predicted octanol–water partition coefficient (Wildman–Crippen LogP) is 4.24. The molecule has 0 aromatic heterocycles. The average Bonchev–Trinajstić information content (AvgIpc) is 2.79. The first-order chi connectivity index (χ1) is 16.2. The van der Waals surface area contributed by atoms with Gasteiger partial charge in [0.15, 0.2) is 0 Å². The molecule has 0 amide bonds. The molecule has 0 bridgehead atoms. The number of carbonyl (C=O) groups is 1. The summed E-state index contributed by atoms with van der Waals surface area (Å²) >= 11 is 0. The minimum absolute atomic E-state index is 0.0975. The molecule has 0 radical (unpaired) electrons. The lowest BCUT2D eigenvalue weighted by Gasteiger charge is -2.30. The lowest BCUT2D eigenvalue weighted by atomic mass is 9.88. The van der Waals surface area contributed by atoms with Gasteiger partial charge in [-0.2, -0.15) is 0 Å². The summed E-state index contributed by atoms with van der Waals surface area (Å²) in [5, 5.41) is 8.72. The van der Waals surface area contributed by atoms with Crippen LogP contribution in [0.4, 0.5) is 5.69 Å². The molecule has 0 saturated carbocycles. The Hall–Kier alpha value is -3.98. The van der Waals surface area contributed by atoms with Gasteiger partial charge in [-0.3, -0.25) is 4.72 Å². The van der Waals surface area contributed by atoms with Crippen LogP contribution in [0.3, 0.4) is 0 Å². The van der Waals surface area contributed by atoms with Gasteiger partial charge in [0.2, 0.25) is 10.0 Å². The zero-order valence-electron chi connectivity index (χ0n) is 18.5. The number of nitrogens with one attached hydrogen (secondary N) is 1. The van der Waals surface area contributed by atoms with E-state index in [2.05, 4.69) is 4.72 Å². The molecule has 1 aliphatic rings. The topological polar surface area (TPSA) is 111 Å². The zero-order valence-corrected chi connectivity index (χ0v) is 19.3. The van der Waals surface area contributed by atoms with E-state index >= 15 is 0 Å². The number of sulfonamides is 1. The number of aliphatic carboxylic acids is 1. The molecule has 9 heteroatoms. The molecule has 1 atom stereocenters. The Morgan fingerprint density at radius 2 is 1.94 bits per heavy atom. The highest BCUT2D eigenvalue weighted by Gasteiger charge is 2.30. The fourth-order valence-corrected chi connectivity index (χ4v) is 4.38. The van der Waals surface area contributed by atoms with Crippen molar-refractivity contribution in [3.63, 3.8) is 0 Å². The molecular formula is C25H23NO7S. The summed E-state index contributed by atoms with van der Waals surface area (Å²) in [4.78, 5) is 10.6. The van der Waals surface area contributed by atoms with Crippen LogP contribution >= 0.6 is 0 Å². The van der Waals surface area contributed by atoms with Crippen molar-refractivity contribution in [1.82, 2.24) is 0 Å². The Labute approximate surface area is 197 Å². The maximum absolute atomic E-state index is 11.8. The van der Waals surface area contributed by atoms with Crippen LogP contribution in [-0.2, 0) is 14.8 Å². The van der Waals surface area contributed by atoms with Crippen molar-refractivity contribution in [3.05, 3.63) is 83.9 Å². The van der Waals surface area contributed by atoms with Gasteiger partial charge in [-0.05, 0) is 48.0 Å². The third-order valence-corrected chi connectivity index (χ3v) is 5.73. The van der Waals surface area contributed by atoms with Gasteiger partial charge in [-0.25, -0.2) is 13.2 Å². The number of fused-ring (bicyclic) bond motifs is 3. The first-order valence-electron chi connectivity index (χ1n) is 10.3. The van der Waals surface area contributed by atoms with E-state index in [0.29, 0.717) is 22.9 Å². The molecule has 1 heterocycles. The smallest absolute Gasteiger partial charge is 0.328 e. The highest BCUT2D eigenvalue weighted by molar-refractivity contribution is 7.92. The molecular weight excluding hydrogens is 458 g/mol. The third kappa shape index (κ3) is 5.15. The van der Waals surface area contributed by atoms with E-state index in [-0.39, 0.29) is 6.61 Å². The van der Waals surface area contributed by atoms with Crippen molar-refractivity contribution >= 4 is 21.7 Å². The van der Waals surface area contributed by atoms with E-state index in [9.17, 15) is 13.2 Å². The van der Waals surface area contributed by atoms with Crippen LogP contribution in [0, 0.1) is 0 Å². The second-order valence-electron chi connectivity index (χ2n) is 7.63. The molecule has 0 saturated heterocycles. The highest BCUT2D eigenvalue weighted by Crippen LogP contribution is 2.49. The van der Waals surface area contributed by atoms with Crippen LogP contribution in [0.25, 0.3) is 11.1 Å². The standard InChI is InChI=1S/C25H23NO7S/c1-31-21-8-4-9-22-24(21)19-12-11-17(26-34(2,29)30)15-20(19)25(33-22)16-6-3-7-18(14-16)32-13-5-10-23(27)28/h3-12,14-15,25-26H,13H2,1-2H3,(H,27,28). The molecule has 0 aliphatic carbocycles. The van der Waals surface area contributed by atoms with Gasteiger partial charge in [0.25, 0.3) is 0 Å². The van der Waals surface area contributed by atoms with Crippen LogP contribution in [0.5, 0.6) is 17.2 Å². The van der Waals surface area contributed by atoms with Gasteiger partial charge < -0.3 is 19.3 Å². The Balaban J connectivity index is 1.76. The summed E-state index contributed by atoms with van der Waals surface area (Å²) < 4.78 is 43.7. The summed E-state index contributed by atoms with van der Waals surface area (Å²) in [6.45, 7) is 0.0975. The maximum atomic E-state index is 11.8. The fraction of sp³-hybridized carbons (Fsp3) is 0.160. The highest BCUT2D eigenvalue weighted by atomic mass is 32.2. The molecule has 0 fully saturated rings. The molecule has 4 rings (SSSR count). The number of carboxylic acids is 1. The maximum Gasteiger partial charge on any atom is 0.328 e. The number of ether oxygens (including phenoxy) is 3. The zero-order chi connectivity index (χ0) is 24.3. The lowest BCUT2D eigenvalue weighted by molar-refractivity contribution is -0.131. The number of methoxy groups -OCH3 is 1. The van der Waals surface area contributed by atoms with Crippen LogP contribution in [-0.4, -0.2) is 39.5 Å². The van der Waals surface area contributed by atoms with E-state index in [4.69, 9.17) is 19.3 Å². The number of hydrogen-bond acceptors (Lipinski definition) is 6. The number of rotatable bonds is 8. The molecule has 1 unspecified atom stereocenters. The second kappa shape index (κ2) is 9.48. The van der Waals surface area contributed by atoms with Crippen LogP contribution < -0.4 is 18.9 Å². The third-order valence-electron chi connectivity index (χ3n) is 5.13. The lowest BCUT2D eigenvalue weighted by Crippen LogP contribution is -2.17. The molecule has 3 aromatic rings. The number of anilines is 1. The Kier molecular flexibility index (Phi) is 6.47. The number of hydrogen-bond donors (Lipinski definition) is 2. The van der Waals surface area contributed by atoms with Crippen LogP contribution in [0.2, 0.25) is 0 Å². The monoisotopic (exact) mass is 481 g/mol. The van der Waals surface area contributed by atoms with Gasteiger partial charge >= 0.3 is 5.97 Å². The van der Waals surface area contributed by atoms with Crippen LogP contribution in [0.15, 0.2) is 72.8 Å². The summed E-state index contributed by atoms with van der Waals surface area (Å²) in [5.41, 5.74) is 3.60. The SMILES string of the molecule is COc1cccc2c1-c1ccc(NS(C)(=O)=O)cc1C(c1cccc(OCC=CC(=O)O)c1)O2. The van der Waals surface area contributed by atoms with Crippen molar-refractivity contribution in [3.8, 4) is 28.4 Å². The quantitative estimate of drug-likeness (QED) is 0.463. The molecule has 1 aliphatic heterocycles. The normalized spacial score (nSPS) is 14.6. The Bertz CT molecular complexity index is 1370. The summed E-state index contributed by atoms with van der Waals surface area (Å²) in [6, 6.07) is 18.1. The van der Waals surface area contributed by atoms with Gasteiger partial charge in [-0.15, -0.1) is 0 Å². The van der Waals surface area contributed by atoms with E-state index in [1.807, 2.05) is 42.5 Å². The van der Waals surface area contributed by atoms with Crippen molar-refractivity contribution in [2.24, 2.45) is 0 Å². The molecule has 8 nitrogen and oxygen atoms in total. The predicted molar refractivity (Wildman–Crippen MR) is 128 cm³/mol. The van der Waals surface area contributed by atoms with Crippen molar-refractivity contribution < 1.29 is 32.5 Å². The first-order valence-corrected chi connectivity index (χ1v) is 12.2. The summed E-state index contributed by atoms with van der Waals surface area (Å²) in [7, 11) is -1.88. The van der Waals surface area contributed by atoms with Gasteiger partial charge in [0, 0.05) is 22.9 Å². The number of benzene rings is 3. The van der Waals surface area contributed by atoms with E-state index < -0.39 is 22.1 Å². The Morgan fingerprint density at radius 1 is 1.15 bits per heavy atom. The van der Waals surface area contributed by atoms with E-state index in [1.54, 1.807) is 25.3 Å². The average molecular weight is 482 g/mol. The molecule has 3 aromatic carbocycles. The van der Waals surface area contributed by atoms with Gasteiger partial charge in [-0.1, -0.05) is 24.3 Å². The molecule has 2 N–H and O–H groups in total. The van der Waals surface area contributed by atoms with Crippen molar-refractivity contribution in [2.75, 3.05) is 24.7 Å². The molecule has 0 spiro atoms. The van der Waals surface area contributed by atoms with Crippen molar-refractivity contribution in [2.45, 2.75) is 6.10 Å². The molecule has 176 valence electrons. The Morgan fingerprint density at radius 3 is 2.68 bits per heavy atom. The first kappa shape index (κ1) is 23.2. The summed E-state index contributed by atoms with van der Waals surface area (Å²) in [6.07, 6.45) is 2.98. The van der Waals surface area contributed by atoms with E-state index in [1.165, 1.54) is 6.08 Å². The minimum atomic E-state index is -3.47. The minimum Gasteiger partial charge on any atom is -0.496 e. The van der Waals surface area contributed by atoms with Crippen molar-refractivity contribution in [1.29, 1.82) is 0 Å². The molecule has 34 heavy (non-hydrogen) atoms. The van der Waals surface area contributed by atoms with Gasteiger partial charge in [0.1, 0.15) is 30.0 Å². The second-order valence-corrected chi connectivity index (χ2v) is 9.38. The van der Waals surface area contributed by atoms with Gasteiger partial charge in [0.05, 0.1) is 18.9 Å². The largest absolute Gasteiger partial charge is 0.496 e. The number of carboxylic acid groups (broad SMARTS) is 1. The summed E-state index contributed by atoms with van der Waals surface area (Å²) in [5.74, 6) is 0.774.